The molecule has 0 bridgehead atoms. The van der Waals surface area contributed by atoms with Gasteiger partial charge in [0.15, 0.2) is 0 Å². The number of methoxy groups -OCH3 is 1. The minimum atomic E-state index is 0.445. The number of piperidine rings is 1. The van der Waals surface area contributed by atoms with Crippen LogP contribution in [0.15, 0.2) is 0 Å². The average molecular weight is 242 g/mol. The predicted octanol–water partition coefficient (Wildman–Crippen LogP) is 2.25. The van der Waals surface area contributed by atoms with Gasteiger partial charge < -0.3 is 15.4 Å². The standard InChI is InChI=1S/C14H30N2O/c1-13-8-11-16(12-14(13)17-2)10-7-5-3-4-6-9-15/h13-14H,3-12,15H2,1-2H3. The number of ether oxygens (including phenoxy) is 1. The van der Waals surface area contributed by atoms with E-state index in [1.807, 2.05) is 7.11 Å². The average Bonchev–Trinajstić information content (AvgIpc) is 2.35. The van der Waals surface area contributed by atoms with Crippen LogP contribution in [0.3, 0.4) is 0 Å². The SMILES string of the molecule is COC1CN(CCCCCCCN)CCC1C. The Balaban J connectivity index is 2.03. The van der Waals surface area contributed by atoms with Gasteiger partial charge in [-0.25, -0.2) is 0 Å². The zero-order valence-corrected chi connectivity index (χ0v) is 11.7. The van der Waals surface area contributed by atoms with E-state index in [1.165, 1.54) is 51.6 Å². The Bertz CT molecular complexity index is 187. The second-order valence-corrected chi connectivity index (χ2v) is 5.40. The van der Waals surface area contributed by atoms with Gasteiger partial charge in [-0.2, -0.15) is 0 Å². The molecule has 2 unspecified atom stereocenters. The van der Waals surface area contributed by atoms with E-state index >= 15 is 0 Å². The van der Waals surface area contributed by atoms with E-state index < -0.39 is 0 Å². The van der Waals surface area contributed by atoms with Crippen molar-refractivity contribution in [3.05, 3.63) is 0 Å². The monoisotopic (exact) mass is 242 g/mol. The first kappa shape index (κ1) is 14.9. The second-order valence-electron chi connectivity index (χ2n) is 5.40. The molecule has 17 heavy (non-hydrogen) atoms. The lowest BCUT2D eigenvalue weighted by Crippen LogP contribution is -2.44. The number of nitrogens with zero attached hydrogens (tertiary/aromatic N) is 1. The lowest BCUT2D eigenvalue weighted by molar-refractivity contribution is -0.00526. The minimum Gasteiger partial charge on any atom is -0.380 e. The van der Waals surface area contributed by atoms with Gasteiger partial charge in [-0.15, -0.1) is 0 Å². The summed E-state index contributed by atoms with van der Waals surface area (Å²) in [6, 6.07) is 0. The normalized spacial score (nSPS) is 26.3. The molecular formula is C14H30N2O. The first-order valence-corrected chi connectivity index (χ1v) is 7.23. The van der Waals surface area contributed by atoms with Crippen molar-refractivity contribution in [2.24, 2.45) is 11.7 Å². The van der Waals surface area contributed by atoms with Crippen LogP contribution in [0.2, 0.25) is 0 Å². The Labute approximate surface area is 107 Å². The number of nitrogens with two attached hydrogens (primary N) is 1. The molecule has 0 saturated carbocycles. The highest BCUT2D eigenvalue weighted by Gasteiger charge is 2.25. The van der Waals surface area contributed by atoms with E-state index in [9.17, 15) is 0 Å². The molecule has 0 radical (unpaired) electrons. The van der Waals surface area contributed by atoms with Crippen molar-refractivity contribution in [1.29, 1.82) is 0 Å². The van der Waals surface area contributed by atoms with E-state index in [0.717, 1.165) is 19.0 Å². The highest BCUT2D eigenvalue weighted by molar-refractivity contribution is 4.78. The van der Waals surface area contributed by atoms with Crippen LogP contribution >= 0.6 is 0 Å². The van der Waals surface area contributed by atoms with Gasteiger partial charge in [0.25, 0.3) is 0 Å². The fraction of sp³-hybridized carbons (Fsp3) is 1.00. The molecule has 1 saturated heterocycles. The lowest BCUT2D eigenvalue weighted by Gasteiger charge is -2.36. The van der Waals surface area contributed by atoms with Gasteiger partial charge in [0, 0.05) is 13.7 Å². The third-order valence-corrected chi connectivity index (χ3v) is 3.95. The smallest absolute Gasteiger partial charge is 0.0724 e. The Morgan fingerprint density at radius 1 is 1.18 bits per heavy atom. The van der Waals surface area contributed by atoms with Crippen LogP contribution in [0.25, 0.3) is 0 Å². The lowest BCUT2D eigenvalue weighted by atomic mass is 9.95. The molecule has 1 heterocycles. The minimum absolute atomic E-state index is 0.445. The van der Waals surface area contributed by atoms with Gasteiger partial charge in [-0.1, -0.05) is 26.2 Å². The van der Waals surface area contributed by atoms with Gasteiger partial charge in [0.05, 0.1) is 6.10 Å². The number of unbranched alkanes of at least 4 members (excludes halogenated alkanes) is 4. The van der Waals surface area contributed by atoms with Crippen molar-refractivity contribution in [3.63, 3.8) is 0 Å². The summed E-state index contributed by atoms with van der Waals surface area (Å²) in [5.41, 5.74) is 5.48. The Kier molecular flexibility index (Phi) is 7.82. The first-order chi connectivity index (χ1) is 8.27. The predicted molar refractivity (Wildman–Crippen MR) is 73.2 cm³/mol. The largest absolute Gasteiger partial charge is 0.380 e. The van der Waals surface area contributed by atoms with Crippen LogP contribution in [0.1, 0.15) is 45.4 Å². The van der Waals surface area contributed by atoms with Crippen LogP contribution in [-0.4, -0.2) is 44.3 Å². The van der Waals surface area contributed by atoms with Crippen molar-refractivity contribution >= 4 is 0 Å². The van der Waals surface area contributed by atoms with Crippen LogP contribution in [0.4, 0.5) is 0 Å². The Morgan fingerprint density at radius 2 is 1.88 bits per heavy atom. The van der Waals surface area contributed by atoms with E-state index in [-0.39, 0.29) is 0 Å². The van der Waals surface area contributed by atoms with Crippen LogP contribution in [0, 0.1) is 5.92 Å². The summed E-state index contributed by atoms with van der Waals surface area (Å²) in [5.74, 6) is 0.723. The van der Waals surface area contributed by atoms with Gasteiger partial charge in [0.2, 0.25) is 0 Å². The van der Waals surface area contributed by atoms with Crippen molar-refractivity contribution < 1.29 is 4.74 Å². The number of likely N-dealkylation sites (tertiary alicyclic amines) is 1. The molecule has 0 aromatic rings. The summed E-state index contributed by atoms with van der Waals surface area (Å²) in [7, 11) is 1.84. The molecule has 2 N–H and O–H groups in total. The van der Waals surface area contributed by atoms with E-state index in [0.29, 0.717) is 6.10 Å². The maximum absolute atomic E-state index is 5.54. The van der Waals surface area contributed by atoms with Crippen molar-refractivity contribution in [2.45, 2.75) is 51.6 Å². The third-order valence-electron chi connectivity index (χ3n) is 3.95. The molecule has 0 spiro atoms. The molecule has 3 heteroatoms. The number of rotatable bonds is 8. The molecule has 1 aliphatic heterocycles. The van der Waals surface area contributed by atoms with Gasteiger partial charge in [-0.05, 0) is 44.8 Å². The molecular weight excluding hydrogens is 212 g/mol. The molecule has 1 aliphatic rings. The summed E-state index contributed by atoms with van der Waals surface area (Å²) in [6.07, 6.45) is 8.24. The number of hydrogen-bond donors (Lipinski definition) is 1. The van der Waals surface area contributed by atoms with Gasteiger partial charge in [0.1, 0.15) is 0 Å². The number of hydrogen-bond acceptors (Lipinski definition) is 3. The summed E-state index contributed by atoms with van der Waals surface area (Å²) in [6.45, 7) is 6.78. The molecule has 0 aromatic carbocycles. The topological polar surface area (TPSA) is 38.5 Å². The second kappa shape index (κ2) is 8.90. The van der Waals surface area contributed by atoms with Gasteiger partial charge >= 0.3 is 0 Å². The molecule has 2 atom stereocenters. The summed E-state index contributed by atoms with van der Waals surface area (Å²) in [5, 5.41) is 0. The van der Waals surface area contributed by atoms with E-state index in [4.69, 9.17) is 10.5 Å². The maximum atomic E-state index is 5.54. The summed E-state index contributed by atoms with van der Waals surface area (Å²) in [4.78, 5) is 2.57. The quantitative estimate of drug-likeness (QED) is 0.664. The van der Waals surface area contributed by atoms with Crippen LogP contribution in [-0.2, 0) is 4.74 Å². The fourth-order valence-electron chi connectivity index (χ4n) is 2.62. The Hall–Kier alpha value is -0.120. The van der Waals surface area contributed by atoms with E-state index in [1.54, 1.807) is 0 Å². The summed E-state index contributed by atoms with van der Waals surface area (Å²) >= 11 is 0. The zero-order chi connectivity index (χ0) is 12.5. The van der Waals surface area contributed by atoms with Crippen molar-refractivity contribution in [2.75, 3.05) is 33.3 Å². The molecule has 0 aromatic heterocycles. The third kappa shape index (κ3) is 5.84. The zero-order valence-electron chi connectivity index (χ0n) is 11.7. The molecule has 102 valence electrons. The molecule has 1 fully saturated rings. The highest BCUT2D eigenvalue weighted by Crippen LogP contribution is 2.19. The Morgan fingerprint density at radius 3 is 2.59 bits per heavy atom. The molecule has 1 rings (SSSR count). The van der Waals surface area contributed by atoms with Gasteiger partial charge in [-0.3, -0.25) is 0 Å². The van der Waals surface area contributed by atoms with Crippen LogP contribution in [0.5, 0.6) is 0 Å². The summed E-state index contributed by atoms with van der Waals surface area (Å²) < 4.78 is 5.54. The molecule has 0 amide bonds. The van der Waals surface area contributed by atoms with Crippen molar-refractivity contribution in [3.8, 4) is 0 Å². The first-order valence-electron chi connectivity index (χ1n) is 7.23. The maximum Gasteiger partial charge on any atom is 0.0724 e. The molecule has 3 nitrogen and oxygen atoms in total. The highest BCUT2D eigenvalue weighted by atomic mass is 16.5. The van der Waals surface area contributed by atoms with Crippen molar-refractivity contribution in [1.82, 2.24) is 4.90 Å². The van der Waals surface area contributed by atoms with Crippen LogP contribution < -0.4 is 5.73 Å². The van der Waals surface area contributed by atoms with E-state index in [2.05, 4.69) is 11.8 Å². The fourth-order valence-corrected chi connectivity index (χ4v) is 2.62. The molecule has 0 aliphatic carbocycles.